The number of rotatable bonds is 8. The molecule has 0 N–H and O–H groups in total. The average molecular weight is 627 g/mol. The number of ether oxygens (including phenoxy) is 2. The Morgan fingerprint density at radius 1 is 1.19 bits per heavy atom. The molecule has 2 aromatic carbocycles. The number of nitrogens with zero attached hydrogens (tertiary/aromatic N) is 2. The second-order valence-corrected chi connectivity index (χ2v) is 10.6. The number of morpholine rings is 1. The Morgan fingerprint density at radius 2 is 1.92 bits per heavy atom. The maximum absolute atomic E-state index is 15.2. The van der Waals surface area contributed by atoms with Crippen molar-refractivity contribution >= 4 is 57.1 Å². The monoisotopic (exact) mass is 626 g/mol. The van der Waals surface area contributed by atoms with Gasteiger partial charge in [0.15, 0.2) is 11.7 Å². The molecule has 3 aromatic rings. The first-order chi connectivity index (χ1) is 17.3. The van der Waals surface area contributed by atoms with E-state index in [2.05, 4.69) is 27.5 Å². The zero-order valence-electron chi connectivity index (χ0n) is 20.5. The normalized spacial score (nSPS) is 15.8. The number of methoxy groups -OCH3 is 1. The lowest BCUT2D eigenvalue weighted by Crippen LogP contribution is -2.36. The van der Waals surface area contributed by atoms with Crippen LogP contribution in [0.3, 0.4) is 0 Å². The van der Waals surface area contributed by atoms with Gasteiger partial charge in [-0.2, -0.15) is 0 Å². The fourth-order valence-electron chi connectivity index (χ4n) is 4.59. The highest BCUT2D eigenvalue weighted by Crippen LogP contribution is 2.32. The van der Waals surface area contributed by atoms with E-state index in [1.807, 2.05) is 30.5 Å². The highest BCUT2D eigenvalue weighted by atomic mass is 127. The summed E-state index contributed by atoms with van der Waals surface area (Å²) in [5.41, 5.74) is 3.59. The van der Waals surface area contributed by atoms with Crippen LogP contribution in [-0.2, 0) is 22.3 Å². The fourth-order valence-corrected chi connectivity index (χ4v) is 5.58. The molecule has 0 aliphatic carbocycles. The summed E-state index contributed by atoms with van der Waals surface area (Å²) in [7, 11) is 1.63. The third-order valence-corrected chi connectivity index (χ3v) is 8.65. The third-order valence-electron chi connectivity index (χ3n) is 6.76. The van der Waals surface area contributed by atoms with E-state index in [-0.39, 0.29) is 32.6 Å². The average Bonchev–Trinajstić information content (AvgIpc) is 2.90. The number of hydrogen-bond donors (Lipinski definition) is 0. The molecule has 1 aromatic heterocycles. The molecule has 9 heteroatoms. The number of hydrogen-bond acceptors (Lipinski definition) is 5. The van der Waals surface area contributed by atoms with Crippen molar-refractivity contribution in [1.82, 2.24) is 4.57 Å². The number of fused-ring (bicyclic) bond motifs is 1. The number of anilines is 1. The van der Waals surface area contributed by atoms with Crippen LogP contribution >= 0.6 is 34.2 Å². The summed E-state index contributed by atoms with van der Waals surface area (Å²) in [6.45, 7) is 6.61. The van der Waals surface area contributed by atoms with Crippen molar-refractivity contribution in [3.63, 3.8) is 0 Å². The van der Waals surface area contributed by atoms with Gasteiger partial charge in [-0.15, -0.1) is 0 Å². The molecule has 0 unspecified atom stereocenters. The van der Waals surface area contributed by atoms with Crippen LogP contribution in [0.25, 0.3) is 10.9 Å². The van der Waals surface area contributed by atoms with Gasteiger partial charge >= 0.3 is 0 Å². The number of carbonyl (C=O) groups is 1. The number of pyridine rings is 1. The van der Waals surface area contributed by atoms with Crippen molar-refractivity contribution in [2.45, 2.75) is 36.8 Å². The Hall–Kier alpha value is -2.01. The lowest BCUT2D eigenvalue weighted by molar-refractivity contribution is 0.105. The number of aryl methyl sites for hydroxylation is 1. The van der Waals surface area contributed by atoms with E-state index < -0.39 is 5.82 Å². The predicted octanol–water partition coefficient (Wildman–Crippen LogP) is 5.56. The Bertz CT molecular complexity index is 1340. The summed E-state index contributed by atoms with van der Waals surface area (Å²) in [5, 5.41) is 0.493. The molecular weight excluding hydrogens is 598 g/mol. The van der Waals surface area contributed by atoms with Gasteiger partial charge in [0, 0.05) is 43.9 Å². The SMILES string of the molecule is CCc1cc2c(cc1Cc1cc(N3CCOCC3)cc(Cl)c1F)c(=O)c(C=O)cn2[C@H](I)[C@@H](C)OC. The smallest absolute Gasteiger partial charge is 0.199 e. The van der Waals surface area contributed by atoms with Gasteiger partial charge in [-0.05, 0) is 54.3 Å². The number of aldehydes is 1. The van der Waals surface area contributed by atoms with E-state index in [0.29, 0.717) is 50.0 Å². The maximum Gasteiger partial charge on any atom is 0.199 e. The van der Waals surface area contributed by atoms with Crippen molar-refractivity contribution in [1.29, 1.82) is 0 Å². The molecule has 1 fully saturated rings. The Kier molecular flexibility index (Phi) is 8.70. The molecule has 1 aliphatic rings. The minimum atomic E-state index is -0.462. The van der Waals surface area contributed by atoms with Crippen LogP contribution in [0.5, 0.6) is 0 Å². The molecule has 0 bridgehead atoms. The molecule has 4 rings (SSSR count). The zero-order chi connectivity index (χ0) is 26.0. The molecule has 0 spiro atoms. The standard InChI is InChI=1S/C27H29ClFIN2O4/c1-4-17-12-24-22(26(34)20(15-33)14-32(24)27(30)16(2)35-3)11-18(17)9-19-10-21(13-23(28)25(19)29)31-5-7-36-8-6-31/h10-16,27H,4-9H2,1-3H3/t16-,27+/m1/s1. The highest BCUT2D eigenvalue weighted by molar-refractivity contribution is 14.1. The maximum atomic E-state index is 15.2. The molecule has 36 heavy (non-hydrogen) atoms. The molecule has 1 saturated heterocycles. The van der Waals surface area contributed by atoms with Gasteiger partial charge in [-0.25, -0.2) is 4.39 Å². The van der Waals surface area contributed by atoms with Gasteiger partial charge in [-0.1, -0.05) is 41.1 Å². The summed E-state index contributed by atoms with van der Waals surface area (Å²) < 4.78 is 27.9. The second-order valence-electron chi connectivity index (χ2n) is 8.92. The molecule has 0 amide bonds. The molecule has 2 heterocycles. The van der Waals surface area contributed by atoms with Crippen LogP contribution in [-0.4, -0.2) is 50.4 Å². The van der Waals surface area contributed by atoms with Crippen LogP contribution in [0.1, 0.15) is 44.9 Å². The summed E-state index contributed by atoms with van der Waals surface area (Å²) in [6, 6.07) is 7.26. The van der Waals surface area contributed by atoms with E-state index in [9.17, 15) is 9.59 Å². The first kappa shape index (κ1) is 27.0. The second kappa shape index (κ2) is 11.6. The quantitative estimate of drug-likeness (QED) is 0.186. The van der Waals surface area contributed by atoms with Crippen molar-refractivity contribution in [3.8, 4) is 0 Å². The lowest BCUT2D eigenvalue weighted by atomic mass is 9.94. The number of benzene rings is 2. The van der Waals surface area contributed by atoms with Crippen molar-refractivity contribution in [3.05, 3.63) is 73.8 Å². The minimum absolute atomic E-state index is 0.0692. The fraction of sp³-hybridized carbons (Fsp3) is 0.407. The van der Waals surface area contributed by atoms with Gasteiger partial charge in [0.1, 0.15) is 9.87 Å². The van der Waals surface area contributed by atoms with E-state index in [4.69, 9.17) is 21.1 Å². The molecule has 6 nitrogen and oxygen atoms in total. The zero-order valence-corrected chi connectivity index (χ0v) is 23.4. The molecule has 192 valence electrons. The van der Waals surface area contributed by atoms with Crippen LogP contribution in [0, 0.1) is 5.82 Å². The van der Waals surface area contributed by atoms with Crippen LogP contribution in [0.2, 0.25) is 5.02 Å². The van der Waals surface area contributed by atoms with Gasteiger partial charge in [0.05, 0.1) is 35.4 Å². The minimum Gasteiger partial charge on any atom is -0.379 e. The van der Waals surface area contributed by atoms with Gasteiger partial charge in [-0.3, -0.25) is 9.59 Å². The molecular formula is C27H29ClFIN2O4. The Labute approximate surface area is 228 Å². The van der Waals surface area contributed by atoms with Crippen molar-refractivity contribution in [2.75, 3.05) is 38.3 Å². The first-order valence-corrected chi connectivity index (χ1v) is 13.5. The topological polar surface area (TPSA) is 60.8 Å². The Balaban J connectivity index is 1.85. The lowest BCUT2D eigenvalue weighted by Gasteiger charge is -2.29. The van der Waals surface area contributed by atoms with Crippen molar-refractivity contribution < 1.29 is 18.7 Å². The third kappa shape index (κ3) is 5.32. The number of halogens is 3. The van der Waals surface area contributed by atoms with Gasteiger partial charge < -0.3 is 18.9 Å². The molecule has 0 saturated carbocycles. The first-order valence-electron chi connectivity index (χ1n) is 11.9. The number of carbonyl (C=O) groups excluding carboxylic acids is 1. The molecule has 0 radical (unpaired) electrons. The highest BCUT2D eigenvalue weighted by Gasteiger charge is 2.22. The number of aromatic nitrogens is 1. The largest absolute Gasteiger partial charge is 0.379 e. The number of alkyl halides is 1. The van der Waals surface area contributed by atoms with Gasteiger partial charge in [0.2, 0.25) is 0 Å². The summed E-state index contributed by atoms with van der Waals surface area (Å²) in [4.78, 5) is 27.0. The van der Waals surface area contributed by atoms with E-state index in [1.54, 1.807) is 25.4 Å². The summed E-state index contributed by atoms with van der Waals surface area (Å²) in [6.07, 6.45) is 2.99. The van der Waals surface area contributed by atoms with Crippen LogP contribution in [0.15, 0.2) is 35.3 Å². The van der Waals surface area contributed by atoms with Crippen LogP contribution in [0.4, 0.5) is 10.1 Å². The van der Waals surface area contributed by atoms with E-state index in [0.717, 1.165) is 22.3 Å². The summed E-state index contributed by atoms with van der Waals surface area (Å²) >= 11 is 8.55. The summed E-state index contributed by atoms with van der Waals surface area (Å²) in [5.74, 6) is -0.462. The van der Waals surface area contributed by atoms with Crippen molar-refractivity contribution in [2.24, 2.45) is 0 Å². The van der Waals surface area contributed by atoms with Gasteiger partial charge in [0.25, 0.3) is 0 Å². The predicted molar refractivity (Wildman–Crippen MR) is 150 cm³/mol. The Morgan fingerprint density at radius 3 is 2.56 bits per heavy atom. The van der Waals surface area contributed by atoms with E-state index in [1.165, 1.54) is 0 Å². The van der Waals surface area contributed by atoms with E-state index >= 15 is 4.39 Å². The molecule has 1 aliphatic heterocycles. The van der Waals surface area contributed by atoms with Crippen LogP contribution < -0.4 is 10.3 Å². The molecule has 2 atom stereocenters.